The van der Waals surface area contributed by atoms with Gasteiger partial charge in [0.05, 0.1) is 6.10 Å². The van der Waals surface area contributed by atoms with Crippen LogP contribution in [0.4, 0.5) is 0 Å². The third-order valence-electron chi connectivity index (χ3n) is 4.59. The van der Waals surface area contributed by atoms with Gasteiger partial charge in [-0.25, -0.2) is 4.79 Å². The van der Waals surface area contributed by atoms with E-state index in [9.17, 15) is 9.59 Å². The fourth-order valence-electron chi connectivity index (χ4n) is 2.83. The lowest BCUT2D eigenvalue weighted by atomic mass is 9.95. The van der Waals surface area contributed by atoms with Crippen LogP contribution < -0.4 is 10.1 Å². The summed E-state index contributed by atoms with van der Waals surface area (Å²) in [7, 11) is 0. The van der Waals surface area contributed by atoms with Crippen molar-refractivity contribution in [1.29, 1.82) is 0 Å². The van der Waals surface area contributed by atoms with Crippen LogP contribution in [0.5, 0.6) is 5.75 Å². The molecule has 0 bridgehead atoms. The minimum absolute atomic E-state index is 0.0531. The predicted molar refractivity (Wildman–Crippen MR) is 96.7 cm³/mol. The standard InChI is InChI=1S/C20H29NO4/c1-4-14(2)24-20(23)15(3)25-18-12-10-16(11-13-18)19(22)21-17-8-6-5-7-9-17/h10-15,17H,4-9H2,1-3H3,(H,21,22). The highest BCUT2D eigenvalue weighted by Gasteiger charge is 2.19. The molecule has 0 heterocycles. The lowest BCUT2D eigenvalue weighted by Crippen LogP contribution is -2.36. The molecule has 5 nitrogen and oxygen atoms in total. The zero-order valence-corrected chi connectivity index (χ0v) is 15.4. The van der Waals surface area contributed by atoms with Crippen LogP contribution in [0.3, 0.4) is 0 Å². The fraction of sp³-hybridized carbons (Fsp3) is 0.600. The summed E-state index contributed by atoms with van der Waals surface area (Å²) >= 11 is 0. The van der Waals surface area contributed by atoms with Crippen LogP contribution in [0.1, 0.15) is 69.7 Å². The van der Waals surface area contributed by atoms with Crippen molar-refractivity contribution in [3.8, 4) is 5.75 Å². The van der Waals surface area contributed by atoms with E-state index in [0.29, 0.717) is 11.3 Å². The van der Waals surface area contributed by atoms with Gasteiger partial charge in [0, 0.05) is 11.6 Å². The highest BCUT2D eigenvalue weighted by atomic mass is 16.6. The molecule has 1 aliphatic carbocycles. The summed E-state index contributed by atoms with van der Waals surface area (Å²) < 4.78 is 10.9. The van der Waals surface area contributed by atoms with Crippen LogP contribution in [0.25, 0.3) is 0 Å². The second kappa shape index (κ2) is 9.44. The number of esters is 1. The topological polar surface area (TPSA) is 64.6 Å². The third kappa shape index (κ3) is 6.07. The summed E-state index contributed by atoms with van der Waals surface area (Å²) in [5.74, 6) is 0.110. The van der Waals surface area contributed by atoms with Gasteiger partial charge in [-0.3, -0.25) is 4.79 Å². The van der Waals surface area contributed by atoms with Gasteiger partial charge < -0.3 is 14.8 Å². The van der Waals surface area contributed by atoms with Crippen molar-refractivity contribution in [1.82, 2.24) is 5.32 Å². The van der Waals surface area contributed by atoms with Gasteiger partial charge in [0.1, 0.15) is 5.75 Å². The number of nitrogens with one attached hydrogen (secondary N) is 1. The number of hydrogen-bond acceptors (Lipinski definition) is 4. The van der Waals surface area contributed by atoms with Gasteiger partial charge in [-0.05, 0) is 57.4 Å². The molecule has 1 aliphatic rings. The predicted octanol–water partition coefficient (Wildman–Crippen LogP) is 3.86. The Morgan fingerprint density at radius 3 is 2.36 bits per heavy atom. The normalized spacial score (nSPS) is 17.4. The number of benzene rings is 1. The Hall–Kier alpha value is -2.04. The van der Waals surface area contributed by atoms with Gasteiger partial charge in [0.25, 0.3) is 5.91 Å². The zero-order chi connectivity index (χ0) is 18.2. The van der Waals surface area contributed by atoms with Crippen molar-refractivity contribution >= 4 is 11.9 Å². The van der Waals surface area contributed by atoms with E-state index < -0.39 is 6.10 Å². The van der Waals surface area contributed by atoms with Crippen molar-refractivity contribution in [2.24, 2.45) is 0 Å². The Morgan fingerprint density at radius 1 is 1.12 bits per heavy atom. The number of amides is 1. The van der Waals surface area contributed by atoms with Gasteiger partial charge in [-0.1, -0.05) is 26.2 Å². The molecule has 0 aliphatic heterocycles. The molecule has 1 saturated carbocycles. The second-order valence-electron chi connectivity index (χ2n) is 6.75. The van der Waals surface area contributed by atoms with Gasteiger partial charge in [-0.2, -0.15) is 0 Å². The first kappa shape index (κ1) is 19.3. The minimum atomic E-state index is -0.684. The van der Waals surface area contributed by atoms with E-state index in [0.717, 1.165) is 19.3 Å². The molecule has 25 heavy (non-hydrogen) atoms. The van der Waals surface area contributed by atoms with Crippen LogP contribution in [-0.2, 0) is 9.53 Å². The molecule has 0 aromatic heterocycles. The van der Waals surface area contributed by atoms with Gasteiger partial charge in [0.2, 0.25) is 0 Å². The summed E-state index contributed by atoms with van der Waals surface area (Å²) in [5.41, 5.74) is 0.604. The molecule has 2 unspecified atom stereocenters. The Bertz CT molecular complexity index is 564. The monoisotopic (exact) mass is 347 g/mol. The molecular formula is C20H29NO4. The van der Waals surface area contributed by atoms with E-state index in [1.165, 1.54) is 19.3 Å². The average molecular weight is 347 g/mol. The van der Waals surface area contributed by atoms with Crippen molar-refractivity contribution in [2.75, 3.05) is 0 Å². The quantitative estimate of drug-likeness (QED) is 0.761. The molecule has 0 saturated heterocycles. The van der Waals surface area contributed by atoms with Crippen LogP contribution in [0.15, 0.2) is 24.3 Å². The maximum absolute atomic E-state index is 12.3. The van der Waals surface area contributed by atoms with E-state index in [-0.39, 0.29) is 24.0 Å². The van der Waals surface area contributed by atoms with Gasteiger partial charge in [0.15, 0.2) is 6.10 Å². The first-order chi connectivity index (χ1) is 12.0. The number of rotatable bonds is 7. The second-order valence-corrected chi connectivity index (χ2v) is 6.75. The summed E-state index contributed by atoms with van der Waals surface area (Å²) in [6.07, 6.45) is 5.70. The molecule has 0 spiro atoms. The maximum Gasteiger partial charge on any atom is 0.347 e. The van der Waals surface area contributed by atoms with E-state index in [2.05, 4.69) is 5.32 Å². The first-order valence-corrected chi connectivity index (χ1v) is 9.27. The van der Waals surface area contributed by atoms with E-state index in [1.807, 2.05) is 13.8 Å². The minimum Gasteiger partial charge on any atom is -0.479 e. The van der Waals surface area contributed by atoms with Crippen LogP contribution >= 0.6 is 0 Å². The number of carbonyl (C=O) groups is 2. The molecule has 138 valence electrons. The summed E-state index contributed by atoms with van der Waals surface area (Å²) in [5, 5.41) is 3.09. The summed E-state index contributed by atoms with van der Waals surface area (Å²) in [6, 6.07) is 7.15. The molecule has 1 amide bonds. The maximum atomic E-state index is 12.3. The fourth-order valence-corrected chi connectivity index (χ4v) is 2.83. The van der Waals surface area contributed by atoms with E-state index >= 15 is 0 Å². The Balaban J connectivity index is 1.86. The zero-order valence-electron chi connectivity index (χ0n) is 15.4. The van der Waals surface area contributed by atoms with Crippen molar-refractivity contribution in [2.45, 2.75) is 77.5 Å². The van der Waals surface area contributed by atoms with Crippen molar-refractivity contribution in [3.63, 3.8) is 0 Å². The smallest absolute Gasteiger partial charge is 0.347 e. The van der Waals surface area contributed by atoms with Crippen LogP contribution in [0.2, 0.25) is 0 Å². The molecule has 1 fully saturated rings. The molecule has 1 aromatic carbocycles. The Morgan fingerprint density at radius 2 is 1.76 bits per heavy atom. The van der Waals surface area contributed by atoms with Crippen molar-refractivity contribution < 1.29 is 19.1 Å². The molecule has 2 atom stereocenters. The number of carbonyl (C=O) groups excluding carboxylic acids is 2. The molecule has 5 heteroatoms. The third-order valence-corrected chi connectivity index (χ3v) is 4.59. The molecule has 0 radical (unpaired) electrons. The molecule has 1 aromatic rings. The summed E-state index contributed by atoms with van der Waals surface area (Å²) in [4.78, 5) is 24.2. The SMILES string of the molecule is CCC(C)OC(=O)C(C)Oc1ccc(C(=O)NC2CCCCC2)cc1. The Labute approximate surface area is 150 Å². The molecular weight excluding hydrogens is 318 g/mol. The highest BCUT2D eigenvalue weighted by Crippen LogP contribution is 2.19. The lowest BCUT2D eigenvalue weighted by Gasteiger charge is -2.22. The summed E-state index contributed by atoms with van der Waals surface area (Å²) in [6.45, 7) is 5.47. The number of ether oxygens (including phenoxy) is 2. The largest absolute Gasteiger partial charge is 0.479 e. The first-order valence-electron chi connectivity index (χ1n) is 9.27. The highest BCUT2D eigenvalue weighted by molar-refractivity contribution is 5.94. The van der Waals surface area contributed by atoms with E-state index in [4.69, 9.17) is 9.47 Å². The van der Waals surface area contributed by atoms with Gasteiger partial charge >= 0.3 is 5.97 Å². The van der Waals surface area contributed by atoms with Crippen LogP contribution in [0, 0.1) is 0 Å². The lowest BCUT2D eigenvalue weighted by molar-refractivity contribution is -0.155. The van der Waals surface area contributed by atoms with Crippen LogP contribution in [-0.4, -0.2) is 30.1 Å². The molecule has 1 N–H and O–H groups in total. The van der Waals surface area contributed by atoms with Crippen molar-refractivity contribution in [3.05, 3.63) is 29.8 Å². The molecule has 2 rings (SSSR count). The average Bonchev–Trinajstić information content (AvgIpc) is 2.62. The number of hydrogen-bond donors (Lipinski definition) is 1. The Kier molecular flexibility index (Phi) is 7.29. The van der Waals surface area contributed by atoms with Gasteiger partial charge in [-0.15, -0.1) is 0 Å². The van der Waals surface area contributed by atoms with E-state index in [1.54, 1.807) is 31.2 Å².